The lowest BCUT2D eigenvalue weighted by Gasteiger charge is -2.18. The topological polar surface area (TPSA) is 18.1 Å². The first-order valence-electron chi connectivity index (χ1n) is 23.1. The van der Waals surface area contributed by atoms with E-state index in [-0.39, 0.29) is 0 Å². The number of fused-ring (bicyclic) bond motifs is 10. The van der Waals surface area contributed by atoms with E-state index in [1.165, 1.54) is 110 Å². The van der Waals surface area contributed by atoms with Gasteiger partial charge in [0.25, 0.3) is 0 Å². The van der Waals surface area contributed by atoms with Crippen LogP contribution in [0.2, 0.25) is 0 Å². The van der Waals surface area contributed by atoms with Crippen LogP contribution in [0.25, 0.3) is 137 Å². The van der Waals surface area contributed by atoms with Gasteiger partial charge in [-0.05, 0) is 120 Å². The summed E-state index contributed by atoms with van der Waals surface area (Å²) < 4.78 is 9.46. The molecule has 0 spiro atoms. The van der Waals surface area contributed by atoms with Crippen molar-refractivity contribution in [1.29, 1.82) is 0 Å². The van der Waals surface area contributed by atoms with E-state index < -0.39 is 0 Å². The van der Waals surface area contributed by atoms with Crippen molar-refractivity contribution in [3.8, 4) is 44.5 Å². The van der Waals surface area contributed by atoms with Crippen molar-refractivity contribution in [3.05, 3.63) is 224 Å². The predicted molar refractivity (Wildman–Crippen MR) is 281 cm³/mol. The number of hydrogen-bond acceptors (Lipinski definition) is 1. The molecule has 0 N–H and O–H groups in total. The summed E-state index contributed by atoms with van der Waals surface area (Å²) in [6, 6.07) is 75.8. The molecule has 1 aliphatic carbocycles. The zero-order valence-corrected chi connectivity index (χ0v) is 36.1. The largest absolute Gasteiger partial charge is 0.455 e. The Morgan fingerprint density at radius 3 is 1.44 bits per heavy atom. The lowest BCUT2D eigenvalue weighted by molar-refractivity contribution is 0.670. The average Bonchev–Trinajstić information content (AvgIpc) is 3.93. The maximum absolute atomic E-state index is 6.99. The van der Waals surface area contributed by atoms with Crippen molar-refractivity contribution in [2.24, 2.45) is 0 Å². The minimum Gasteiger partial charge on any atom is -0.455 e. The monoisotopic (exact) mass is 839 g/mol. The maximum atomic E-state index is 6.99. The lowest BCUT2D eigenvalue weighted by Crippen LogP contribution is -1.97. The van der Waals surface area contributed by atoms with E-state index in [2.05, 4.69) is 229 Å². The molecule has 0 unspecified atom stereocenters. The van der Waals surface area contributed by atoms with Crippen LogP contribution in [0, 0.1) is 0 Å². The molecule has 0 bridgehead atoms. The number of benzene rings is 11. The first kappa shape index (κ1) is 37.0. The molecule has 0 amide bonds. The molecule has 308 valence electrons. The SMILES string of the molecule is C1=CC(n2c3ccccc3c3ccc(-c4c5ccccc5c(-c5ccc6oc7c(-c8c9ccccc9c(-c9ccccc9)c9ccccc89)cccc7c6c5)c5ccccc45)cc32)=CCC1. The number of para-hydroxylation sites is 2. The van der Waals surface area contributed by atoms with E-state index in [1.54, 1.807) is 0 Å². The molecule has 13 aromatic rings. The molecule has 0 saturated heterocycles. The molecule has 2 aromatic heterocycles. The Kier molecular flexibility index (Phi) is 8.14. The number of rotatable bonds is 5. The first-order chi connectivity index (χ1) is 32.8. The van der Waals surface area contributed by atoms with Crippen LogP contribution >= 0.6 is 0 Å². The van der Waals surface area contributed by atoms with Gasteiger partial charge >= 0.3 is 0 Å². The first-order valence-corrected chi connectivity index (χ1v) is 23.1. The van der Waals surface area contributed by atoms with Crippen LogP contribution in [0.4, 0.5) is 0 Å². The number of aromatic nitrogens is 1. The average molecular weight is 840 g/mol. The van der Waals surface area contributed by atoms with Gasteiger partial charge < -0.3 is 8.98 Å². The highest BCUT2D eigenvalue weighted by Crippen LogP contribution is 2.49. The Morgan fingerprint density at radius 2 is 0.833 bits per heavy atom. The third-order valence-corrected chi connectivity index (χ3v) is 14.2. The second kappa shape index (κ2) is 14.5. The zero-order chi connectivity index (χ0) is 43.3. The highest BCUT2D eigenvalue weighted by Gasteiger charge is 2.23. The van der Waals surface area contributed by atoms with Gasteiger partial charge in [0, 0.05) is 38.4 Å². The van der Waals surface area contributed by atoms with Gasteiger partial charge in [0.1, 0.15) is 11.2 Å². The van der Waals surface area contributed by atoms with Crippen LogP contribution in [-0.2, 0) is 0 Å². The quantitative estimate of drug-likeness (QED) is 0.158. The number of furan rings is 1. The van der Waals surface area contributed by atoms with Gasteiger partial charge in [-0.25, -0.2) is 0 Å². The third kappa shape index (κ3) is 5.42. The molecule has 0 atom stereocenters. The normalized spacial score (nSPS) is 13.1. The fourth-order valence-electron chi connectivity index (χ4n) is 11.4. The van der Waals surface area contributed by atoms with Crippen molar-refractivity contribution >= 4 is 92.5 Å². The van der Waals surface area contributed by atoms with Crippen LogP contribution in [0.15, 0.2) is 229 Å². The number of nitrogens with zero attached hydrogens (tertiary/aromatic N) is 1. The Morgan fingerprint density at radius 1 is 0.333 bits per heavy atom. The molecule has 2 heteroatoms. The van der Waals surface area contributed by atoms with Crippen LogP contribution < -0.4 is 0 Å². The lowest BCUT2D eigenvalue weighted by atomic mass is 9.85. The second-order valence-electron chi connectivity index (χ2n) is 17.7. The predicted octanol–water partition coefficient (Wildman–Crippen LogP) is 18.2. The molecule has 14 rings (SSSR count). The summed E-state index contributed by atoms with van der Waals surface area (Å²) >= 11 is 0. The van der Waals surface area contributed by atoms with E-state index in [0.717, 1.165) is 40.3 Å². The molecule has 66 heavy (non-hydrogen) atoms. The highest BCUT2D eigenvalue weighted by atomic mass is 16.3. The standard InChI is InChI=1S/C64H41NO/c1-3-18-40(19-4-1)60-50-27-11-13-29-52(50)63(53-30-14-12-28-51(53)60)55-32-17-31-54-56-38-41(35-37-59(56)66-64(54)55)61-46-23-7-9-25-48(46)62(49-26-10-8-24-47(49)61)42-34-36-45-44-22-15-16-33-57(44)65(58(45)39-42)43-20-5-2-6-21-43/h1,3-5,7-39H,2,6H2. The molecule has 11 aromatic carbocycles. The third-order valence-electron chi connectivity index (χ3n) is 14.2. The van der Waals surface area contributed by atoms with Crippen molar-refractivity contribution in [3.63, 3.8) is 0 Å². The molecular weight excluding hydrogens is 799 g/mol. The van der Waals surface area contributed by atoms with Crippen molar-refractivity contribution < 1.29 is 4.42 Å². The molecular formula is C64H41NO. The van der Waals surface area contributed by atoms with Crippen molar-refractivity contribution in [2.45, 2.75) is 12.8 Å². The fourth-order valence-corrected chi connectivity index (χ4v) is 11.4. The summed E-state index contributed by atoms with van der Waals surface area (Å²) in [5.74, 6) is 0. The van der Waals surface area contributed by atoms with Crippen molar-refractivity contribution in [2.75, 3.05) is 0 Å². The van der Waals surface area contributed by atoms with E-state index in [9.17, 15) is 0 Å². The minimum absolute atomic E-state index is 0.882. The fraction of sp³-hybridized carbons (Fsp3) is 0.0312. The van der Waals surface area contributed by atoms with Gasteiger partial charge in [0.05, 0.1) is 11.0 Å². The van der Waals surface area contributed by atoms with Gasteiger partial charge in [0.15, 0.2) is 0 Å². The van der Waals surface area contributed by atoms with Gasteiger partial charge in [-0.15, -0.1) is 0 Å². The van der Waals surface area contributed by atoms with Gasteiger partial charge in [0.2, 0.25) is 0 Å². The molecule has 0 saturated carbocycles. The summed E-state index contributed by atoms with van der Waals surface area (Å²) in [4.78, 5) is 0. The van der Waals surface area contributed by atoms with Crippen LogP contribution in [-0.4, -0.2) is 4.57 Å². The Labute approximate surface area is 381 Å². The minimum atomic E-state index is 0.882. The summed E-state index contributed by atoms with van der Waals surface area (Å²) in [5, 5.41) is 14.6. The number of hydrogen-bond donors (Lipinski definition) is 0. The summed E-state index contributed by atoms with van der Waals surface area (Å²) in [7, 11) is 0. The second-order valence-corrected chi connectivity index (χ2v) is 17.7. The smallest absolute Gasteiger partial charge is 0.143 e. The van der Waals surface area contributed by atoms with E-state index >= 15 is 0 Å². The van der Waals surface area contributed by atoms with Gasteiger partial charge in [-0.2, -0.15) is 0 Å². The van der Waals surface area contributed by atoms with E-state index in [4.69, 9.17) is 4.42 Å². The maximum Gasteiger partial charge on any atom is 0.143 e. The molecule has 2 heterocycles. The van der Waals surface area contributed by atoms with Gasteiger partial charge in [-0.1, -0.05) is 194 Å². The van der Waals surface area contributed by atoms with E-state index in [1.807, 2.05) is 0 Å². The molecule has 1 aliphatic rings. The summed E-state index contributed by atoms with van der Waals surface area (Å²) in [6.07, 6.45) is 9.10. The Hall–Kier alpha value is -8.46. The molecule has 0 fully saturated rings. The van der Waals surface area contributed by atoms with Crippen LogP contribution in [0.1, 0.15) is 12.8 Å². The Bertz CT molecular complexity index is 4100. The molecule has 0 aliphatic heterocycles. The van der Waals surface area contributed by atoms with Gasteiger partial charge in [-0.3, -0.25) is 0 Å². The van der Waals surface area contributed by atoms with Crippen molar-refractivity contribution in [1.82, 2.24) is 4.57 Å². The zero-order valence-electron chi connectivity index (χ0n) is 36.1. The van der Waals surface area contributed by atoms with E-state index in [0.29, 0.717) is 0 Å². The summed E-state index contributed by atoms with van der Waals surface area (Å²) in [6.45, 7) is 0. The highest BCUT2D eigenvalue weighted by molar-refractivity contribution is 6.26. The number of allylic oxidation sites excluding steroid dienone is 4. The molecule has 0 radical (unpaired) electrons. The molecule has 2 nitrogen and oxygen atoms in total. The van der Waals surface area contributed by atoms with Crippen LogP contribution in [0.3, 0.4) is 0 Å². The van der Waals surface area contributed by atoms with Crippen LogP contribution in [0.5, 0.6) is 0 Å². The Balaban J connectivity index is 0.983. The summed E-state index contributed by atoms with van der Waals surface area (Å²) in [5.41, 5.74) is 15.2.